The number of rotatable bonds is 9. The van der Waals surface area contributed by atoms with E-state index in [1.54, 1.807) is 25.7 Å². The van der Waals surface area contributed by atoms with Crippen molar-refractivity contribution in [3.8, 4) is 0 Å². The van der Waals surface area contributed by atoms with Crippen LogP contribution in [0.1, 0.15) is 91.5 Å². The van der Waals surface area contributed by atoms with E-state index in [4.69, 9.17) is 4.74 Å². The van der Waals surface area contributed by atoms with Crippen LogP contribution in [0.3, 0.4) is 0 Å². The molecule has 2 rings (SSSR count). The van der Waals surface area contributed by atoms with Crippen molar-refractivity contribution in [2.24, 2.45) is 0 Å². The van der Waals surface area contributed by atoms with E-state index >= 15 is 0 Å². The highest BCUT2D eigenvalue weighted by Crippen LogP contribution is 2.33. The Labute approximate surface area is 234 Å². The van der Waals surface area contributed by atoms with Crippen LogP contribution in [0, 0.1) is 6.92 Å². The molecule has 39 heavy (non-hydrogen) atoms. The van der Waals surface area contributed by atoms with E-state index in [9.17, 15) is 14.4 Å². The van der Waals surface area contributed by atoms with Gasteiger partial charge in [0.25, 0.3) is 0 Å². The van der Waals surface area contributed by atoms with E-state index < -0.39 is 34.9 Å². The zero-order valence-electron chi connectivity index (χ0n) is 25.3. The standard InChI is InChI=1S/C32H47N3O4/c1-11-32(9,10)35(26(27(36)34-30(3,4)5)24-19-17-22(2)18-20-24)28(37)25(21-23-15-13-12-14-16-23)33-29(38)39-31(6,7)8/h12-20,25-26H,11,21H2,1-10H3,(H,33,38)(H,34,36). The third-order valence-electron chi connectivity index (χ3n) is 6.42. The maximum Gasteiger partial charge on any atom is 0.408 e. The Kier molecular flexibility index (Phi) is 10.4. The summed E-state index contributed by atoms with van der Waals surface area (Å²) in [6.07, 6.45) is 0.155. The summed E-state index contributed by atoms with van der Waals surface area (Å²) in [6, 6.07) is 15.3. The Bertz CT molecular complexity index is 1110. The number of carbonyl (C=O) groups is 3. The third kappa shape index (κ3) is 9.72. The minimum absolute atomic E-state index is 0.247. The first-order valence-electron chi connectivity index (χ1n) is 13.7. The van der Waals surface area contributed by atoms with Gasteiger partial charge in [-0.25, -0.2) is 4.79 Å². The quantitative estimate of drug-likeness (QED) is 0.404. The number of hydrogen-bond acceptors (Lipinski definition) is 4. The van der Waals surface area contributed by atoms with E-state index in [1.165, 1.54) is 0 Å². The Morgan fingerprint density at radius 2 is 1.44 bits per heavy atom. The van der Waals surface area contributed by atoms with Crippen LogP contribution < -0.4 is 10.6 Å². The van der Waals surface area contributed by atoms with E-state index in [0.717, 1.165) is 11.1 Å². The number of carbonyl (C=O) groups excluding carboxylic acids is 3. The van der Waals surface area contributed by atoms with Crippen molar-refractivity contribution < 1.29 is 19.1 Å². The zero-order chi connectivity index (χ0) is 29.6. The molecule has 7 heteroatoms. The number of aryl methyl sites for hydroxylation is 1. The van der Waals surface area contributed by atoms with Gasteiger partial charge in [-0.15, -0.1) is 0 Å². The van der Waals surface area contributed by atoms with Crippen LogP contribution in [0.25, 0.3) is 0 Å². The lowest BCUT2D eigenvalue weighted by Crippen LogP contribution is -2.60. The van der Waals surface area contributed by atoms with Crippen LogP contribution in [0.15, 0.2) is 54.6 Å². The fourth-order valence-electron chi connectivity index (χ4n) is 4.22. The van der Waals surface area contributed by atoms with Crippen molar-refractivity contribution in [2.75, 3.05) is 0 Å². The van der Waals surface area contributed by atoms with Crippen molar-refractivity contribution >= 4 is 17.9 Å². The van der Waals surface area contributed by atoms with Crippen molar-refractivity contribution in [3.05, 3.63) is 71.3 Å². The van der Waals surface area contributed by atoms with Gasteiger partial charge in [-0.2, -0.15) is 0 Å². The molecule has 0 bridgehead atoms. The summed E-state index contributed by atoms with van der Waals surface area (Å²) >= 11 is 0. The zero-order valence-corrected chi connectivity index (χ0v) is 25.3. The second kappa shape index (κ2) is 12.7. The van der Waals surface area contributed by atoms with Crippen LogP contribution in [0.5, 0.6) is 0 Å². The molecule has 2 unspecified atom stereocenters. The molecule has 0 aliphatic rings. The summed E-state index contributed by atoms with van der Waals surface area (Å²) in [6.45, 7) is 18.9. The molecule has 214 valence electrons. The molecule has 0 aromatic heterocycles. The number of nitrogens with one attached hydrogen (secondary N) is 2. The van der Waals surface area contributed by atoms with Crippen LogP contribution in [-0.4, -0.2) is 45.5 Å². The first kappa shape index (κ1) is 31.9. The monoisotopic (exact) mass is 537 g/mol. The van der Waals surface area contributed by atoms with Gasteiger partial charge in [-0.05, 0) is 79.9 Å². The van der Waals surface area contributed by atoms with Gasteiger partial charge in [0.05, 0.1) is 0 Å². The number of hydrogen-bond donors (Lipinski definition) is 2. The van der Waals surface area contributed by atoms with Gasteiger partial charge in [0, 0.05) is 17.5 Å². The predicted molar refractivity (Wildman–Crippen MR) is 156 cm³/mol. The highest BCUT2D eigenvalue weighted by Gasteiger charge is 2.43. The molecule has 0 saturated heterocycles. The van der Waals surface area contributed by atoms with Gasteiger partial charge in [0.2, 0.25) is 11.8 Å². The van der Waals surface area contributed by atoms with Crippen molar-refractivity contribution in [3.63, 3.8) is 0 Å². The predicted octanol–water partition coefficient (Wildman–Crippen LogP) is 6.10. The molecule has 0 radical (unpaired) electrons. The van der Waals surface area contributed by atoms with Crippen molar-refractivity contribution in [1.82, 2.24) is 15.5 Å². The molecule has 2 aromatic carbocycles. The van der Waals surface area contributed by atoms with E-state index in [2.05, 4.69) is 10.6 Å². The highest BCUT2D eigenvalue weighted by atomic mass is 16.6. The van der Waals surface area contributed by atoms with Crippen molar-refractivity contribution in [1.29, 1.82) is 0 Å². The van der Waals surface area contributed by atoms with Gasteiger partial charge in [-0.1, -0.05) is 67.1 Å². The normalized spacial score (nSPS) is 13.7. The smallest absolute Gasteiger partial charge is 0.408 e. The minimum atomic E-state index is -0.955. The van der Waals surface area contributed by atoms with E-state index in [1.807, 2.05) is 103 Å². The average Bonchev–Trinajstić information content (AvgIpc) is 2.80. The SMILES string of the molecule is CCC(C)(C)N(C(=O)C(Cc1ccccc1)NC(=O)OC(C)(C)C)C(C(=O)NC(C)(C)C)c1ccc(C)cc1. The van der Waals surface area contributed by atoms with Gasteiger partial charge >= 0.3 is 6.09 Å². The number of alkyl carbamates (subject to hydrolysis) is 1. The molecule has 2 N–H and O–H groups in total. The van der Waals surface area contributed by atoms with Crippen LogP contribution in [0.4, 0.5) is 4.79 Å². The summed E-state index contributed by atoms with van der Waals surface area (Å²) in [5, 5.41) is 5.90. The number of nitrogens with zero attached hydrogens (tertiary/aromatic N) is 1. The summed E-state index contributed by atoms with van der Waals surface area (Å²) in [7, 11) is 0. The van der Waals surface area contributed by atoms with Crippen molar-refractivity contribution in [2.45, 2.75) is 111 Å². The summed E-state index contributed by atoms with van der Waals surface area (Å²) in [4.78, 5) is 43.1. The molecule has 3 amide bonds. The molecule has 0 fully saturated rings. The van der Waals surface area contributed by atoms with E-state index in [-0.39, 0.29) is 18.2 Å². The first-order valence-corrected chi connectivity index (χ1v) is 13.7. The largest absolute Gasteiger partial charge is 0.444 e. The van der Waals surface area contributed by atoms with Gasteiger partial charge < -0.3 is 20.3 Å². The molecule has 0 aliphatic heterocycles. The average molecular weight is 538 g/mol. The molecule has 0 spiro atoms. The molecular formula is C32H47N3O4. The minimum Gasteiger partial charge on any atom is -0.444 e. The second-order valence-corrected chi connectivity index (χ2v) is 12.8. The number of benzene rings is 2. The molecule has 0 saturated carbocycles. The Morgan fingerprint density at radius 1 is 0.872 bits per heavy atom. The summed E-state index contributed by atoms with van der Waals surface area (Å²) in [5.74, 6) is -0.636. The molecule has 0 aliphatic carbocycles. The summed E-state index contributed by atoms with van der Waals surface area (Å²) in [5.41, 5.74) is 0.676. The summed E-state index contributed by atoms with van der Waals surface area (Å²) < 4.78 is 5.52. The number of ether oxygens (including phenoxy) is 1. The Balaban J connectivity index is 2.66. The second-order valence-electron chi connectivity index (χ2n) is 12.8. The first-order chi connectivity index (χ1) is 17.9. The Hall–Kier alpha value is -3.35. The fraction of sp³-hybridized carbons (Fsp3) is 0.531. The van der Waals surface area contributed by atoms with Gasteiger partial charge in [0.1, 0.15) is 17.7 Å². The Morgan fingerprint density at radius 3 is 1.92 bits per heavy atom. The van der Waals surface area contributed by atoms with E-state index in [0.29, 0.717) is 12.0 Å². The lowest BCUT2D eigenvalue weighted by molar-refractivity contribution is -0.149. The molecular weight excluding hydrogens is 490 g/mol. The topological polar surface area (TPSA) is 87.7 Å². The highest BCUT2D eigenvalue weighted by molar-refractivity contribution is 5.93. The van der Waals surface area contributed by atoms with Crippen LogP contribution in [0.2, 0.25) is 0 Å². The third-order valence-corrected chi connectivity index (χ3v) is 6.42. The fourth-order valence-corrected chi connectivity index (χ4v) is 4.22. The van der Waals surface area contributed by atoms with Crippen LogP contribution >= 0.6 is 0 Å². The maximum absolute atomic E-state index is 14.6. The molecule has 2 aromatic rings. The van der Waals surface area contributed by atoms with Gasteiger partial charge in [-0.3, -0.25) is 9.59 Å². The maximum atomic E-state index is 14.6. The lowest BCUT2D eigenvalue weighted by atomic mass is 9.90. The van der Waals surface area contributed by atoms with Gasteiger partial charge in [0.15, 0.2) is 0 Å². The van der Waals surface area contributed by atoms with Crippen LogP contribution in [-0.2, 0) is 20.7 Å². The molecule has 0 heterocycles. The molecule has 7 nitrogen and oxygen atoms in total. The lowest BCUT2D eigenvalue weighted by Gasteiger charge is -2.45. The number of amides is 3. The molecule has 2 atom stereocenters.